The summed E-state index contributed by atoms with van der Waals surface area (Å²) < 4.78 is 0. The number of aromatic amines is 1. The van der Waals surface area contributed by atoms with Gasteiger partial charge in [-0.05, 0) is 104 Å². The highest BCUT2D eigenvalue weighted by atomic mass is 16.3. The van der Waals surface area contributed by atoms with Crippen LogP contribution in [-0.4, -0.2) is 47.4 Å². The molecule has 1 aliphatic rings. The Kier molecular flexibility index (Phi) is 7.84. The summed E-state index contributed by atoms with van der Waals surface area (Å²) in [7, 11) is 0. The Morgan fingerprint density at radius 2 is 1.38 bits per heavy atom. The number of aliphatic hydroxyl groups excluding tert-OH is 1. The largest absolute Gasteiger partial charge is 0.396 e. The van der Waals surface area contributed by atoms with E-state index in [9.17, 15) is 19.5 Å². The lowest BCUT2D eigenvalue weighted by atomic mass is 9.98. The number of hydrogen-bond acceptors (Lipinski definition) is 5. The Morgan fingerprint density at radius 1 is 0.795 bits per heavy atom. The van der Waals surface area contributed by atoms with Gasteiger partial charge in [-0.2, -0.15) is 0 Å². The number of aromatic nitrogens is 1. The molecule has 0 radical (unpaired) electrons. The summed E-state index contributed by atoms with van der Waals surface area (Å²) in [6.07, 6.45) is 3.76. The molecule has 0 bridgehead atoms. The molecule has 4 N–H and O–H groups in total. The second kappa shape index (κ2) is 11.8. The zero-order chi connectivity index (χ0) is 27.2. The lowest BCUT2D eigenvalue weighted by Gasteiger charge is -2.33. The van der Waals surface area contributed by atoms with Crippen LogP contribution in [0.5, 0.6) is 0 Å². The van der Waals surface area contributed by atoms with Crippen molar-refractivity contribution < 1.29 is 19.5 Å². The summed E-state index contributed by atoms with van der Waals surface area (Å²) in [5, 5.41) is 15.1. The summed E-state index contributed by atoms with van der Waals surface area (Å²) in [5.41, 5.74) is 4.19. The van der Waals surface area contributed by atoms with E-state index >= 15 is 0 Å². The maximum atomic E-state index is 12.9. The van der Waals surface area contributed by atoms with Crippen LogP contribution in [0.4, 0.5) is 17.1 Å². The number of H-pyrrole nitrogens is 1. The van der Waals surface area contributed by atoms with Crippen LogP contribution in [0.2, 0.25) is 0 Å². The summed E-state index contributed by atoms with van der Waals surface area (Å²) in [6.45, 7) is 1.96. The first kappa shape index (κ1) is 25.9. The molecule has 0 aliphatic carbocycles. The number of ketones is 1. The fourth-order valence-corrected chi connectivity index (χ4v) is 4.72. The number of carbonyl (C=O) groups excluding carboxylic acids is 3. The molecule has 0 spiro atoms. The molecule has 8 nitrogen and oxygen atoms in total. The van der Waals surface area contributed by atoms with Crippen molar-refractivity contribution >= 4 is 34.7 Å². The van der Waals surface area contributed by atoms with Gasteiger partial charge in [-0.1, -0.05) is 0 Å². The third-order valence-electron chi connectivity index (χ3n) is 6.92. The molecule has 1 fully saturated rings. The van der Waals surface area contributed by atoms with Gasteiger partial charge in [-0.15, -0.1) is 0 Å². The average Bonchev–Trinajstić information content (AvgIpc) is 3.53. The van der Waals surface area contributed by atoms with E-state index in [1.807, 2.05) is 12.1 Å². The highest BCUT2D eigenvalue weighted by Gasteiger charge is 2.20. The maximum absolute atomic E-state index is 12.9. The van der Waals surface area contributed by atoms with Gasteiger partial charge in [-0.3, -0.25) is 14.4 Å². The van der Waals surface area contributed by atoms with Crippen molar-refractivity contribution in [3.63, 3.8) is 0 Å². The van der Waals surface area contributed by atoms with Crippen LogP contribution < -0.4 is 15.5 Å². The van der Waals surface area contributed by atoms with E-state index in [1.54, 1.807) is 79.0 Å². The van der Waals surface area contributed by atoms with E-state index in [2.05, 4.69) is 20.5 Å². The summed E-state index contributed by atoms with van der Waals surface area (Å²) in [5.74, 6) is -0.360. The van der Waals surface area contributed by atoms with Gasteiger partial charge < -0.3 is 25.6 Å². The van der Waals surface area contributed by atoms with Crippen LogP contribution in [0.15, 0.2) is 91.1 Å². The number of nitrogens with zero attached hydrogens (tertiary/aromatic N) is 1. The van der Waals surface area contributed by atoms with Crippen LogP contribution in [0.1, 0.15) is 49.6 Å². The molecule has 0 saturated carbocycles. The highest BCUT2D eigenvalue weighted by Crippen LogP contribution is 2.24. The molecule has 198 valence electrons. The summed E-state index contributed by atoms with van der Waals surface area (Å²) >= 11 is 0. The molecule has 3 aromatic carbocycles. The number of hydrogen-bond donors (Lipinski definition) is 4. The third-order valence-corrected chi connectivity index (χ3v) is 6.92. The fourth-order valence-electron chi connectivity index (χ4n) is 4.72. The Labute approximate surface area is 226 Å². The minimum absolute atomic E-state index is 0.160. The number of piperidine rings is 1. The zero-order valence-electron chi connectivity index (χ0n) is 21.4. The van der Waals surface area contributed by atoms with E-state index in [0.29, 0.717) is 39.7 Å². The van der Waals surface area contributed by atoms with Gasteiger partial charge in [0.1, 0.15) is 5.69 Å². The SMILES string of the molecule is O=C(Nc1ccc(C(=O)c2ccc(NC(=O)c3ccc[nH]3)cc2)cc1)c1ccc(N2CCCC(CO)C2)cc1. The Bertz CT molecular complexity index is 1430. The van der Waals surface area contributed by atoms with Crippen LogP contribution in [-0.2, 0) is 0 Å². The number of aliphatic hydroxyl groups is 1. The molecule has 1 atom stereocenters. The van der Waals surface area contributed by atoms with Crippen molar-refractivity contribution in [2.45, 2.75) is 12.8 Å². The molecule has 2 heterocycles. The molecule has 1 aliphatic heterocycles. The summed E-state index contributed by atoms with van der Waals surface area (Å²) in [6, 6.07) is 24.4. The molecule has 5 rings (SSSR count). The molecule has 39 heavy (non-hydrogen) atoms. The first-order valence-corrected chi connectivity index (χ1v) is 13.0. The van der Waals surface area contributed by atoms with E-state index in [-0.39, 0.29) is 24.2 Å². The molecule has 8 heteroatoms. The zero-order valence-corrected chi connectivity index (χ0v) is 21.4. The lowest BCUT2D eigenvalue weighted by molar-refractivity contribution is 0.101. The highest BCUT2D eigenvalue weighted by molar-refractivity contribution is 6.10. The van der Waals surface area contributed by atoms with Crippen molar-refractivity contribution in [3.05, 3.63) is 114 Å². The average molecular weight is 523 g/mol. The van der Waals surface area contributed by atoms with E-state index in [0.717, 1.165) is 31.6 Å². The van der Waals surface area contributed by atoms with Gasteiger partial charge >= 0.3 is 0 Å². The number of anilines is 3. The van der Waals surface area contributed by atoms with Crippen LogP contribution in [0.3, 0.4) is 0 Å². The molecule has 4 aromatic rings. The molecule has 1 aromatic heterocycles. The topological polar surface area (TPSA) is 115 Å². The Balaban J connectivity index is 1.17. The molecule has 1 unspecified atom stereocenters. The van der Waals surface area contributed by atoms with Gasteiger partial charge in [0, 0.05) is 59.6 Å². The van der Waals surface area contributed by atoms with Gasteiger partial charge in [0.05, 0.1) is 0 Å². The lowest BCUT2D eigenvalue weighted by Crippen LogP contribution is -2.36. The van der Waals surface area contributed by atoms with Crippen molar-refractivity contribution in [2.24, 2.45) is 5.92 Å². The normalized spacial score (nSPS) is 15.0. The van der Waals surface area contributed by atoms with E-state index in [4.69, 9.17) is 0 Å². The molecular formula is C31H30N4O4. The van der Waals surface area contributed by atoms with Gasteiger partial charge in [0.15, 0.2) is 5.78 Å². The number of amides is 2. The first-order valence-electron chi connectivity index (χ1n) is 13.0. The standard InChI is InChI=1S/C31H30N4O4/c36-20-21-3-2-18-35(19-21)27-15-9-24(10-16-27)30(38)33-25-11-5-22(6-12-25)29(37)23-7-13-26(14-8-23)34-31(39)28-4-1-17-32-28/h1,4-17,21,32,36H,2-3,18-20H2,(H,33,38)(H,34,39). The van der Waals surface area contributed by atoms with Crippen LogP contribution in [0.25, 0.3) is 0 Å². The van der Waals surface area contributed by atoms with E-state index < -0.39 is 0 Å². The smallest absolute Gasteiger partial charge is 0.272 e. The number of rotatable bonds is 8. The van der Waals surface area contributed by atoms with Gasteiger partial charge in [0.25, 0.3) is 11.8 Å². The predicted octanol–water partition coefficient (Wildman–Crippen LogP) is 4.96. The maximum Gasteiger partial charge on any atom is 0.272 e. The minimum atomic E-state index is -0.258. The number of nitrogens with one attached hydrogen (secondary N) is 3. The number of carbonyl (C=O) groups is 3. The second-order valence-corrected chi connectivity index (χ2v) is 9.66. The van der Waals surface area contributed by atoms with Crippen molar-refractivity contribution in [3.8, 4) is 0 Å². The second-order valence-electron chi connectivity index (χ2n) is 9.66. The quantitative estimate of drug-likeness (QED) is 0.244. The fraction of sp³-hybridized carbons (Fsp3) is 0.194. The van der Waals surface area contributed by atoms with Crippen LogP contribution >= 0.6 is 0 Å². The summed E-state index contributed by atoms with van der Waals surface area (Å²) in [4.78, 5) is 43.0. The molecule has 1 saturated heterocycles. The van der Waals surface area contributed by atoms with Gasteiger partial charge in [0.2, 0.25) is 0 Å². The van der Waals surface area contributed by atoms with Crippen molar-refractivity contribution in [1.29, 1.82) is 0 Å². The Hall–Kier alpha value is -4.69. The first-order chi connectivity index (χ1) is 19.0. The van der Waals surface area contributed by atoms with Crippen molar-refractivity contribution in [1.82, 2.24) is 4.98 Å². The predicted molar refractivity (Wildman–Crippen MR) is 151 cm³/mol. The molecule has 2 amide bonds. The van der Waals surface area contributed by atoms with Gasteiger partial charge in [-0.25, -0.2) is 0 Å². The third kappa shape index (κ3) is 6.25. The minimum Gasteiger partial charge on any atom is -0.396 e. The number of benzene rings is 3. The Morgan fingerprint density at radius 3 is 1.95 bits per heavy atom. The van der Waals surface area contributed by atoms with Crippen LogP contribution in [0, 0.1) is 5.92 Å². The van der Waals surface area contributed by atoms with Crippen molar-refractivity contribution in [2.75, 3.05) is 35.2 Å². The monoisotopic (exact) mass is 522 g/mol. The molecular weight excluding hydrogens is 492 g/mol. The van der Waals surface area contributed by atoms with E-state index in [1.165, 1.54) is 0 Å².